The predicted molar refractivity (Wildman–Crippen MR) is 69.2 cm³/mol. The molecule has 1 N–H and O–H groups in total. The van der Waals surface area contributed by atoms with E-state index in [4.69, 9.17) is 4.74 Å². The summed E-state index contributed by atoms with van der Waals surface area (Å²) in [6.45, 7) is 2.95. The maximum atomic E-state index is 5.14. The van der Waals surface area contributed by atoms with Gasteiger partial charge in [0.2, 0.25) is 0 Å². The Hall–Kier alpha value is -0.570. The summed E-state index contributed by atoms with van der Waals surface area (Å²) in [5.41, 5.74) is 2.97. The third-order valence-corrected chi connectivity index (χ3v) is 3.04. The molecule has 0 saturated heterocycles. The maximum Gasteiger partial charge on any atom is 0.0613 e. The number of nitrogens with one attached hydrogen (secondary N) is 1. The van der Waals surface area contributed by atoms with Gasteiger partial charge in [0.25, 0.3) is 0 Å². The first-order chi connectivity index (χ1) is 7.31. The summed E-state index contributed by atoms with van der Waals surface area (Å²) in [6.07, 6.45) is 2.42. The standard InChI is InChI=1S/C13H19NO.ClH/c1-10(9-15-2)14-13-8-7-11-5-3-4-6-12(11)13;/h3-6,10,13-14H,7-9H2,1-2H3;1H. The molecule has 0 heterocycles. The normalized spacial score (nSPS) is 20.0. The molecule has 1 aromatic carbocycles. The van der Waals surface area contributed by atoms with Crippen LogP contribution in [0.4, 0.5) is 0 Å². The Bertz CT molecular complexity index is 329. The van der Waals surface area contributed by atoms with Gasteiger partial charge in [-0.3, -0.25) is 0 Å². The number of ether oxygens (including phenoxy) is 1. The number of methoxy groups -OCH3 is 1. The van der Waals surface area contributed by atoms with E-state index in [0.717, 1.165) is 6.61 Å². The van der Waals surface area contributed by atoms with Crippen molar-refractivity contribution in [3.63, 3.8) is 0 Å². The first-order valence-corrected chi connectivity index (χ1v) is 5.64. The van der Waals surface area contributed by atoms with Gasteiger partial charge in [-0.05, 0) is 30.9 Å². The number of hydrogen-bond acceptors (Lipinski definition) is 2. The van der Waals surface area contributed by atoms with Gasteiger partial charge < -0.3 is 10.1 Å². The van der Waals surface area contributed by atoms with Crippen LogP contribution in [0.15, 0.2) is 24.3 Å². The minimum Gasteiger partial charge on any atom is -0.383 e. The summed E-state index contributed by atoms with van der Waals surface area (Å²) in [4.78, 5) is 0. The second-order valence-corrected chi connectivity index (χ2v) is 4.31. The zero-order valence-electron chi connectivity index (χ0n) is 9.90. The van der Waals surface area contributed by atoms with Crippen LogP contribution in [0.25, 0.3) is 0 Å². The van der Waals surface area contributed by atoms with E-state index >= 15 is 0 Å². The lowest BCUT2D eigenvalue weighted by Crippen LogP contribution is -2.32. The van der Waals surface area contributed by atoms with E-state index in [2.05, 4.69) is 36.5 Å². The molecular weight excluding hydrogens is 222 g/mol. The molecule has 1 aliphatic rings. The van der Waals surface area contributed by atoms with Crippen molar-refractivity contribution in [3.05, 3.63) is 35.4 Å². The molecule has 0 radical (unpaired) electrons. The maximum absolute atomic E-state index is 5.14. The van der Waals surface area contributed by atoms with Crippen molar-refractivity contribution in [3.8, 4) is 0 Å². The summed E-state index contributed by atoms with van der Waals surface area (Å²) in [5.74, 6) is 0. The average molecular weight is 242 g/mol. The molecule has 1 aliphatic carbocycles. The van der Waals surface area contributed by atoms with Crippen molar-refractivity contribution in [2.75, 3.05) is 13.7 Å². The smallest absolute Gasteiger partial charge is 0.0613 e. The molecule has 2 atom stereocenters. The summed E-state index contributed by atoms with van der Waals surface area (Å²) in [5, 5.41) is 3.61. The molecule has 90 valence electrons. The summed E-state index contributed by atoms with van der Waals surface area (Å²) < 4.78 is 5.14. The van der Waals surface area contributed by atoms with Crippen LogP contribution in [-0.2, 0) is 11.2 Å². The number of fused-ring (bicyclic) bond motifs is 1. The van der Waals surface area contributed by atoms with Crippen molar-refractivity contribution in [1.82, 2.24) is 5.32 Å². The third kappa shape index (κ3) is 2.97. The largest absolute Gasteiger partial charge is 0.383 e. The van der Waals surface area contributed by atoms with E-state index in [0.29, 0.717) is 12.1 Å². The fourth-order valence-electron chi connectivity index (χ4n) is 2.37. The molecule has 1 aromatic rings. The van der Waals surface area contributed by atoms with Crippen molar-refractivity contribution < 1.29 is 4.74 Å². The minimum atomic E-state index is 0. The highest BCUT2D eigenvalue weighted by Crippen LogP contribution is 2.30. The molecule has 0 spiro atoms. The van der Waals surface area contributed by atoms with Crippen LogP contribution in [0.2, 0.25) is 0 Å². The van der Waals surface area contributed by atoms with Gasteiger partial charge in [-0.15, -0.1) is 12.4 Å². The molecule has 0 fully saturated rings. The fraction of sp³-hybridized carbons (Fsp3) is 0.538. The van der Waals surface area contributed by atoms with Crippen molar-refractivity contribution >= 4 is 12.4 Å². The second-order valence-electron chi connectivity index (χ2n) is 4.31. The number of benzene rings is 1. The van der Waals surface area contributed by atoms with E-state index in [1.807, 2.05) is 0 Å². The van der Waals surface area contributed by atoms with Gasteiger partial charge in [-0.2, -0.15) is 0 Å². The van der Waals surface area contributed by atoms with Crippen LogP contribution < -0.4 is 5.32 Å². The van der Waals surface area contributed by atoms with E-state index in [1.54, 1.807) is 7.11 Å². The molecule has 0 aromatic heterocycles. The molecule has 0 amide bonds. The highest BCUT2D eigenvalue weighted by Gasteiger charge is 2.22. The average Bonchev–Trinajstić information content (AvgIpc) is 2.62. The van der Waals surface area contributed by atoms with Gasteiger partial charge in [0.1, 0.15) is 0 Å². The fourth-order valence-corrected chi connectivity index (χ4v) is 2.37. The Morgan fingerprint density at radius 3 is 2.94 bits per heavy atom. The Morgan fingerprint density at radius 1 is 1.44 bits per heavy atom. The number of hydrogen-bond donors (Lipinski definition) is 1. The van der Waals surface area contributed by atoms with Crippen LogP contribution in [-0.4, -0.2) is 19.8 Å². The highest BCUT2D eigenvalue weighted by molar-refractivity contribution is 5.85. The first-order valence-electron chi connectivity index (χ1n) is 5.64. The van der Waals surface area contributed by atoms with Crippen LogP contribution in [0, 0.1) is 0 Å². The number of rotatable bonds is 4. The number of halogens is 1. The van der Waals surface area contributed by atoms with E-state index < -0.39 is 0 Å². The molecule has 2 nitrogen and oxygen atoms in total. The predicted octanol–water partition coefficient (Wildman–Crippen LogP) is 2.72. The lowest BCUT2D eigenvalue weighted by atomic mass is 10.1. The Balaban J connectivity index is 0.00000128. The number of aryl methyl sites for hydroxylation is 1. The van der Waals surface area contributed by atoms with Crippen LogP contribution in [0.5, 0.6) is 0 Å². The van der Waals surface area contributed by atoms with Crippen molar-refractivity contribution in [1.29, 1.82) is 0 Å². The van der Waals surface area contributed by atoms with Gasteiger partial charge in [-0.1, -0.05) is 24.3 Å². The van der Waals surface area contributed by atoms with Crippen molar-refractivity contribution in [2.45, 2.75) is 31.8 Å². The molecule has 3 heteroatoms. The monoisotopic (exact) mass is 241 g/mol. The quantitative estimate of drug-likeness (QED) is 0.875. The zero-order chi connectivity index (χ0) is 10.7. The van der Waals surface area contributed by atoms with Gasteiger partial charge >= 0.3 is 0 Å². The second kappa shape index (κ2) is 6.24. The lowest BCUT2D eigenvalue weighted by molar-refractivity contribution is 0.166. The Morgan fingerprint density at radius 2 is 2.19 bits per heavy atom. The SMILES string of the molecule is COCC(C)NC1CCc2ccccc21.Cl. The summed E-state index contributed by atoms with van der Waals surface area (Å²) in [6, 6.07) is 9.66. The highest BCUT2D eigenvalue weighted by atomic mass is 35.5. The van der Waals surface area contributed by atoms with Crippen molar-refractivity contribution in [2.24, 2.45) is 0 Å². The van der Waals surface area contributed by atoms with Crippen LogP contribution in [0.1, 0.15) is 30.5 Å². The van der Waals surface area contributed by atoms with E-state index in [-0.39, 0.29) is 12.4 Å². The molecule has 2 unspecified atom stereocenters. The summed E-state index contributed by atoms with van der Waals surface area (Å²) in [7, 11) is 1.75. The zero-order valence-corrected chi connectivity index (χ0v) is 10.7. The van der Waals surface area contributed by atoms with E-state index in [9.17, 15) is 0 Å². The van der Waals surface area contributed by atoms with Crippen LogP contribution >= 0.6 is 12.4 Å². The molecule has 16 heavy (non-hydrogen) atoms. The minimum absolute atomic E-state index is 0. The first kappa shape index (κ1) is 13.5. The molecule has 0 saturated carbocycles. The lowest BCUT2D eigenvalue weighted by Gasteiger charge is -2.19. The Labute approximate surface area is 104 Å². The molecule has 2 rings (SSSR count). The summed E-state index contributed by atoms with van der Waals surface area (Å²) >= 11 is 0. The van der Waals surface area contributed by atoms with E-state index in [1.165, 1.54) is 24.0 Å². The third-order valence-electron chi connectivity index (χ3n) is 3.04. The van der Waals surface area contributed by atoms with Gasteiger partial charge in [0.15, 0.2) is 0 Å². The molecule has 0 aliphatic heterocycles. The molecule has 0 bridgehead atoms. The molecular formula is C13H20ClNO. The van der Waals surface area contributed by atoms with Crippen LogP contribution in [0.3, 0.4) is 0 Å². The van der Waals surface area contributed by atoms with Gasteiger partial charge in [0, 0.05) is 19.2 Å². The Kier molecular flexibility index (Phi) is 5.26. The van der Waals surface area contributed by atoms with Gasteiger partial charge in [0.05, 0.1) is 6.61 Å². The van der Waals surface area contributed by atoms with Gasteiger partial charge in [-0.25, -0.2) is 0 Å². The topological polar surface area (TPSA) is 21.3 Å².